The molecule has 0 spiro atoms. The maximum Gasteiger partial charge on any atom is 0.269 e. The number of aliphatic hydroxyl groups is 2. The molecule has 9 aromatic carbocycles. The second-order valence-corrected chi connectivity index (χ2v) is 26.2. The van der Waals surface area contributed by atoms with Gasteiger partial charge in [0, 0.05) is 98.4 Å². The fraction of sp³-hybridized carbons (Fsp3) is 0.141. The Kier molecular flexibility index (Phi) is 29.3. The molecule has 0 amide bonds. The van der Waals surface area contributed by atoms with Gasteiger partial charge >= 0.3 is 0 Å². The van der Waals surface area contributed by atoms with E-state index in [-0.39, 0.29) is 99.9 Å². The average Bonchev–Trinajstić information content (AvgIpc) is 1.58. The van der Waals surface area contributed by atoms with E-state index in [0.29, 0.717) is 17.1 Å². The number of ether oxygens (including phenoxy) is 1. The molecular weight excluding hydrogens is 1850 g/mol. The Bertz CT molecular complexity index is 5380. The molecule has 537 valence electrons. The predicted octanol–water partition coefficient (Wildman–Crippen LogP) is 22.1. The zero-order valence-electron chi connectivity index (χ0n) is 60.7. The number of carbonyl (C=O) groups excluding carboxylic acids is 2. The van der Waals surface area contributed by atoms with Gasteiger partial charge in [-0.05, 0) is 155 Å². The Labute approximate surface area is 662 Å². The average molecular weight is 1930 g/mol. The van der Waals surface area contributed by atoms with E-state index in [0.717, 1.165) is 56.1 Å². The minimum absolute atomic E-state index is 0. The summed E-state index contributed by atoms with van der Waals surface area (Å²) in [6.45, 7) is 23.7. The van der Waals surface area contributed by atoms with Crippen LogP contribution < -0.4 is 4.90 Å². The first kappa shape index (κ1) is 82.4. The molecule has 0 bridgehead atoms. The monoisotopic (exact) mass is 1930 g/mol. The molecule has 15 rings (SSSR count). The van der Waals surface area contributed by atoms with Crippen LogP contribution in [-0.4, -0.2) is 50.8 Å². The number of hydrogen-bond donors (Lipinski definition) is 2. The molecule has 0 saturated heterocycles. The first-order valence-electron chi connectivity index (χ1n) is 33.7. The number of fused-ring (bicyclic) bond motifs is 9. The molecule has 2 aliphatic carbocycles. The van der Waals surface area contributed by atoms with Gasteiger partial charge in [-0.15, -0.1) is 94.5 Å². The minimum Gasteiger partial charge on any atom is -0.512 e. The van der Waals surface area contributed by atoms with Gasteiger partial charge in [0.2, 0.25) is 0 Å². The molecule has 4 heterocycles. The second kappa shape index (κ2) is 37.7. The third-order valence-corrected chi connectivity index (χ3v) is 17.5. The third-order valence-electron chi connectivity index (χ3n) is 17.5. The molecule has 0 atom stereocenters. The van der Waals surface area contributed by atoms with Gasteiger partial charge in [0.15, 0.2) is 11.6 Å². The number of nitrogens with zero attached hydrogens (tertiary/aromatic N) is 6. The van der Waals surface area contributed by atoms with Crippen LogP contribution in [0.3, 0.4) is 0 Å². The summed E-state index contributed by atoms with van der Waals surface area (Å²) in [4.78, 5) is 39.4. The number of ketones is 2. The van der Waals surface area contributed by atoms with Crippen molar-refractivity contribution in [3.63, 3.8) is 0 Å². The molecule has 14 heteroatoms. The summed E-state index contributed by atoms with van der Waals surface area (Å²) in [7, 11) is 4.00. The molecule has 12 aromatic rings. The van der Waals surface area contributed by atoms with Crippen LogP contribution in [0, 0.1) is 36.1 Å². The van der Waals surface area contributed by atoms with E-state index in [1.54, 1.807) is 19.1 Å². The number of hydrogen-bond acceptors (Lipinski definition) is 10. The number of rotatable bonds is 8. The number of aliphatic hydroxyl groups excluding tert-OH is 2. The van der Waals surface area contributed by atoms with Crippen LogP contribution in [0.1, 0.15) is 90.1 Å². The summed E-state index contributed by atoms with van der Waals surface area (Å²) in [5, 5.41) is 30.4. The molecule has 0 saturated carbocycles. The number of benzene rings is 9. The summed E-state index contributed by atoms with van der Waals surface area (Å²) in [5.74, 6) is 1.13. The number of anilines is 1. The van der Waals surface area contributed by atoms with Gasteiger partial charge in [-0.1, -0.05) is 202 Å². The SMILES string of the molecule is CC(=O)C=C(C)O.CC(=O)C=C(C)O.CC1(C)c2ccccc2-c2c[c-]c(-c3ccc4ccccc4n3)cc21.CC1(C)c2ccccc2-c2c[c-]c(-c3nccc4ccccc34)cc21.[C-]#[N+]/C(C#N)=C1\C=C(C)OC(/C=C/c2ccc(N(C)C)cc2)=C1.[Ir].[Ir].[Ir].[c-]1ccccc1-c1ccc2ccccc2n1. The minimum atomic E-state index is -0.125. The summed E-state index contributed by atoms with van der Waals surface area (Å²) < 4.78 is 5.62. The van der Waals surface area contributed by atoms with Crippen LogP contribution in [0.2, 0.25) is 0 Å². The zero-order chi connectivity index (χ0) is 73.4. The Morgan fingerprint density at radius 3 is 1.54 bits per heavy atom. The van der Waals surface area contributed by atoms with Crippen LogP contribution in [0.15, 0.2) is 295 Å². The van der Waals surface area contributed by atoms with Crippen LogP contribution in [0.5, 0.6) is 0 Å². The topological polar surface area (TPSA) is 154 Å². The van der Waals surface area contributed by atoms with Crippen LogP contribution in [-0.2, 0) is 85.5 Å². The molecule has 0 unspecified atom stereocenters. The largest absolute Gasteiger partial charge is 0.512 e. The van der Waals surface area contributed by atoms with Crippen molar-refractivity contribution in [1.29, 1.82) is 5.26 Å². The number of pyridine rings is 3. The maximum atomic E-state index is 10.0. The van der Waals surface area contributed by atoms with Crippen molar-refractivity contribution in [1.82, 2.24) is 15.0 Å². The summed E-state index contributed by atoms with van der Waals surface area (Å²) >= 11 is 0. The molecule has 2 N–H and O–H groups in total. The number of para-hydroxylation sites is 2. The molecule has 3 radical (unpaired) electrons. The Morgan fingerprint density at radius 1 is 0.547 bits per heavy atom. The van der Waals surface area contributed by atoms with E-state index < -0.39 is 0 Å². The quantitative estimate of drug-likeness (QED) is 0.0650. The van der Waals surface area contributed by atoms with Crippen molar-refractivity contribution in [2.45, 2.75) is 73.1 Å². The van der Waals surface area contributed by atoms with E-state index in [1.165, 1.54) is 106 Å². The Balaban J connectivity index is 0.000000186. The van der Waals surface area contributed by atoms with Gasteiger partial charge in [-0.3, -0.25) is 19.6 Å². The zero-order valence-corrected chi connectivity index (χ0v) is 67.9. The maximum absolute atomic E-state index is 10.0. The van der Waals surface area contributed by atoms with Gasteiger partial charge in [0.25, 0.3) is 5.70 Å². The first-order valence-corrected chi connectivity index (χ1v) is 33.7. The number of aromatic nitrogens is 3. The summed E-state index contributed by atoms with van der Waals surface area (Å²) in [6.07, 6.45) is 11.4. The van der Waals surface area contributed by atoms with E-state index in [1.807, 2.05) is 128 Å². The van der Waals surface area contributed by atoms with Gasteiger partial charge in [-0.25, -0.2) is 10.1 Å². The van der Waals surface area contributed by atoms with Crippen molar-refractivity contribution in [3.8, 4) is 62.1 Å². The van der Waals surface area contributed by atoms with Crippen molar-refractivity contribution >= 4 is 55.9 Å². The predicted molar refractivity (Wildman–Crippen MR) is 419 cm³/mol. The molecule has 3 aromatic heterocycles. The molecule has 0 fully saturated rings. The fourth-order valence-corrected chi connectivity index (χ4v) is 12.6. The van der Waals surface area contributed by atoms with Crippen molar-refractivity contribution in [2.24, 2.45) is 0 Å². The standard InChI is InChI=1S/2C24H18N.C19H17N3O.C15H10N.2C5H8O2.3Ir/c1-24(2)20-9-5-4-8-18(20)19-13-11-17(15-21(19)24)23-14-12-16-7-3-6-10-22(16)25-23;1-24(2)21-10-6-5-9-19(21)20-12-11-17(15-22(20)24)23-18-8-4-3-7-16(18)13-14-25-23;1-14-11-16(19(13-20)21-2)12-18(23-14)10-7-15-5-8-17(9-6-15)22(3)4;1-2-6-12(7-3-1)15-11-10-13-8-4-5-9-14(13)16-15;2*1-4(6)3-5(2)7;;;/h2*3-10,12-15H,1-2H3;5-12H,1,3-4H3;1-6,8-11H;2*3,6H,1-2H3;;;/q2*-1;;-1;;;;;/b;;10-7+,19-16+;;;;;;. The number of allylic oxidation sites excluding steroid dienone is 10. The van der Waals surface area contributed by atoms with Crippen LogP contribution >= 0.6 is 0 Å². The van der Waals surface area contributed by atoms with Gasteiger partial charge in [-0.2, -0.15) is 0 Å². The van der Waals surface area contributed by atoms with Crippen molar-refractivity contribution in [3.05, 3.63) is 353 Å². The summed E-state index contributed by atoms with van der Waals surface area (Å²) in [6, 6.07) is 89.5. The number of carbonyl (C=O) groups is 2. The molecule has 3 aliphatic rings. The second-order valence-electron chi connectivity index (χ2n) is 26.2. The van der Waals surface area contributed by atoms with Gasteiger partial charge < -0.3 is 24.8 Å². The molecular formula is C92H79Ir3N6O5-3. The van der Waals surface area contributed by atoms with E-state index in [2.05, 4.69) is 200 Å². The summed E-state index contributed by atoms with van der Waals surface area (Å²) in [5.41, 5.74) is 21.7. The normalized spacial score (nSPS) is 13.3. The molecule has 11 nitrogen and oxygen atoms in total. The Morgan fingerprint density at radius 2 is 1.04 bits per heavy atom. The van der Waals surface area contributed by atoms with E-state index >= 15 is 0 Å². The van der Waals surface area contributed by atoms with Gasteiger partial charge in [0.05, 0.1) is 35.2 Å². The first-order chi connectivity index (χ1) is 49.5. The Hall–Kier alpha value is -10.9. The van der Waals surface area contributed by atoms with Gasteiger partial charge in [0.1, 0.15) is 11.5 Å². The van der Waals surface area contributed by atoms with Crippen LogP contribution in [0.25, 0.3) is 99.5 Å². The third kappa shape index (κ3) is 20.3. The molecule has 1 aliphatic heterocycles. The number of nitriles is 1. The molecule has 106 heavy (non-hydrogen) atoms. The van der Waals surface area contributed by atoms with E-state index in [4.69, 9.17) is 31.8 Å². The van der Waals surface area contributed by atoms with Crippen LogP contribution in [0.4, 0.5) is 5.69 Å². The smallest absolute Gasteiger partial charge is 0.269 e. The van der Waals surface area contributed by atoms with E-state index in [9.17, 15) is 9.59 Å². The van der Waals surface area contributed by atoms with Crippen molar-refractivity contribution < 1.29 is 84.9 Å². The fourth-order valence-electron chi connectivity index (χ4n) is 12.6. The van der Waals surface area contributed by atoms with Crippen molar-refractivity contribution in [2.75, 3.05) is 19.0 Å².